The van der Waals surface area contributed by atoms with Crippen LogP contribution in [0.5, 0.6) is 5.75 Å². The van der Waals surface area contributed by atoms with Crippen molar-refractivity contribution in [1.29, 1.82) is 0 Å². The van der Waals surface area contributed by atoms with E-state index in [4.69, 9.17) is 9.47 Å². The number of hydrogen-bond acceptors (Lipinski definition) is 6. The molecular formula is C38H45F3N4O4. The van der Waals surface area contributed by atoms with Crippen LogP contribution in [0, 0.1) is 11.3 Å². The van der Waals surface area contributed by atoms with Crippen LogP contribution in [0.3, 0.4) is 0 Å². The van der Waals surface area contributed by atoms with Gasteiger partial charge in [-0.1, -0.05) is 32.9 Å². The minimum atomic E-state index is -4.86. The molecule has 0 spiro atoms. The summed E-state index contributed by atoms with van der Waals surface area (Å²) in [4.78, 5) is 31.6. The maximum Gasteiger partial charge on any atom is 0.434 e. The molecule has 1 aromatic carbocycles. The number of nitrogens with zero attached hydrogens (tertiary/aromatic N) is 4. The van der Waals surface area contributed by atoms with E-state index in [1.807, 2.05) is 11.0 Å². The van der Waals surface area contributed by atoms with Gasteiger partial charge in [0.25, 0.3) is 0 Å². The molecule has 1 aliphatic heterocycles. The molecule has 0 radical (unpaired) electrons. The lowest BCUT2D eigenvalue weighted by atomic mass is 9.72. The Bertz CT molecular complexity index is 1730. The molecule has 262 valence electrons. The third-order valence-corrected chi connectivity index (χ3v) is 10.3. The first-order valence-electron chi connectivity index (χ1n) is 17.5. The largest absolute Gasteiger partial charge is 0.489 e. The second-order valence-corrected chi connectivity index (χ2v) is 14.0. The second kappa shape index (κ2) is 14.0. The molecule has 0 bridgehead atoms. The number of halogens is 3. The molecular weight excluding hydrogens is 633 g/mol. The lowest BCUT2D eigenvalue weighted by molar-refractivity contribution is -0.143. The van der Waals surface area contributed by atoms with E-state index < -0.39 is 23.4 Å². The number of pyridine rings is 1. The standard InChI is InChI=1S/C38H45F3N4O4/c1-5-24-21-27(14-15-28(24)25-16-19-44(20-17-25)35(46)26-12-13-26)49-23-31-29(9-8-18-37(31,3)4)32-10-7-11-33(43-32)45-34(38(39,40)41)30(22-42-45)36(47)48-6-2/h7,10-11,14-15,21-22,25-26H,5-6,8-9,12-13,16-20,23H2,1-4H3. The molecule has 0 N–H and O–H groups in total. The molecule has 0 atom stereocenters. The number of hydrogen-bond donors (Lipinski definition) is 0. The molecule has 2 fully saturated rings. The SMILES string of the molecule is CCOC(=O)c1cnn(-c2cccc(C3=C(COc4ccc(C5CCN(C(=O)C6CC6)CC5)c(CC)c4)C(C)(C)CCC3)n2)c1C(F)(F)F. The van der Waals surface area contributed by atoms with Crippen molar-refractivity contribution in [3.63, 3.8) is 0 Å². The molecule has 6 rings (SSSR count). The third-order valence-electron chi connectivity index (χ3n) is 10.3. The Morgan fingerprint density at radius 2 is 1.80 bits per heavy atom. The van der Waals surface area contributed by atoms with Crippen molar-refractivity contribution < 1.29 is 32.2 Å². The Kier molecular flexibility index (Phi) is 9.91. The summed E-state index contributed by atoms with van der Waals surface area (Å²) in [5.74, 6) is 0.650. The molecule has 3 aromatic rings. The molecule has 1 saturated carbocycles. The number of aromatic nitrogens is 3. The van der Waals surface area contributed by atoms with E-state index >= 15 is 0 Å². The number of carbonyl (C=O) groups is 2. The number of esters is 1. The first-order valence-corrected chi connectivity index (χ1v) is 17.5. The first kappa shape index (κ1) is 34.7. The number of alkyl halides is 3. The van der Waals surface area contributed by atoms with Gasteiger partial charge in [0.05, 0.1) is 18.5 Å². The van der Waals surface area contributed by atoms with Crippen LogP contribution in [0.15, 0.2) is 48.2 Å². The van der Waals surface area contributed by atoms with Gasteiger partial charge >= 0.3 is 12.1 Å². The summed E-state index contributed by atoms with van der Waals surface area (Å²) in [6.45, 7) is 9.90. The summed E-state index contributed by atoms with van der Waals surface area (Å²) < 4.78 is 54.7. The van der Waals surface area contributed by atoms with Gasteiger partial charge in [0.15, 0.2) is 11.5 Å². The first-order chi connectivity index (χ1) is 23.4. The summed E-state index contributed by atoms with van der Waals surface area (Å²) in [6, 6.07) is 11.3. The van der Waals surface area contributed by atoms with Crippen molar-refractivity contribution in [3.05, 3.63) is 76.2 Å². The highest BCUT2D eigenvalue weighted by Gasteiger charge is 2.42. The van der Waals surface area contributed by atoms with Gasteiger partial charge in [-0.05, 0) is 116 Å². The fourth-order valence-corrected chi connectivity index (χ4v) is 7.38. The summed E-state index contributed by atoms with van der Waals surface area (Å²) in [7, 11) is 0. The second-order valence-electron chi connectivity index (χ2n) is 14.0. The fraction of sp³-hybridized carbons (Fsp3) is 0.526. The van der Waals surface area contributed by atoms with Crippen LogP contribution in [0.25, 0.3) is 11.4 Å². The highest BCUT2D eigenvalue weighted by molar-refractivity contribution is 5.90. The van der Waals surface area contributed by atoms with E-state index in [2.05, 4.69) is 43.0 Å². The maximum atomic E-state index is 14.2. The van der Waals surface area contributed by atoms with Crippen molar-refractivity contribution in [3.8, 4) is 11.6 Å². The van der Waals surface area contributed by atoms with Gasteiger partial charge in [-0.15, -0.1) is 0 Å². The van der Waals surface area contributed by atoms with Gasteiger partial charge in [0.2, 0.25) is 5.91 Å². The van der Waals surface area contributed by atoms with E-state index in [1.54, 1.807) is 12.1 Å². The summed E-state index contributed by atoms with van der Waals surface area (Å²) in [6.07, 6.45) is 3.44. The molecule has 0 unspecified atom stereocenters. The van der Waals surface area contributed by atoms with Crippen molar-refractivity contribution in [2.75, 3.05) is 26.3 Å². The molecule has 3 aliphatic rings. The Morgan fingerprint density at radius 1 is 1.04 bits per heavy atom. The number of aryl methyl sites for hydroxylation is 1. The highest BCUT2D eigenvalue weighted by atomic mass is 19.4. The average molecular weight is 679 g/mol. The Hall–Kier alpha value is -4.15. The van der Waals surface area contributed by atoms with Crippen molar-refractivity contribution in [2.45, 2.75) is 91.2 Å². The van der Waals surface area contributed by atoms with Crippen LogP contribution in [0.4, 0.5) is 13.2 Å². The lowest BCUT2D eigenvalue weighted by Crippen LogP contribution is -2.38. The minimum Gasteiger partial charge on any atom is -0.489 e. The fourth-order valence-electron chi connectivity index (χ4n) is 7.38. The van der Waals surface area contributed by atoms with E-state index in [0.29, 0.717) is 35.2 Å². The number of likely N-dealkylation sites (tertiary alicyclic amines) is 1. The summed E-state index contributed by atoms with van der Waals surface area (Å²) in [5, 5.41) is 3.92. The molecule has 11 heteroatoms. The maximum absolute atomic E-state index is 14.2. The highest BCUT2D eigenvalue weighted by Crippen LogP contribution is 2.44. The monoisotopic (exact) mass is 678 g/mol. The summed E-state index contributed by atoms with van der Waals surface area (Å²) >= 11 is 0. The predicted octanol–water partition coefficient (Wildman–Crippen LogP) is 8.18. The smallest absolute Gasteiger partial charge is 0.434 e. The van der Waals surface area contributed by atoms with Gasteiger partial charge in [0.1, 0.15) is 17.9 Å². The number of allylic oxidation sites excluding steroid dienone is 1. The number of carbonyl (C=O) groups excluding carboxylic acids is 2. The van der Waals surface area contributed by atoms with Crippen LogP contribution in [0.2, 0.25) is 0 Å². The van der Waals surface area contributed by atoms with Crippen molar-refractivity contribution in [1.82, 2.24) is 19.7 Å². The number of piperidine rings is 1. The minimum absolute atomic E-state index is 0.0394. The molecule has 1 saturated heterocycles. The van der Waals surface area contributed by atoms with E-state index in [1.165, 1.54) is 24.1 Å². The third kappa shape index (κ3) is 7.40. The predicted molar refractivity (Wildman–Crippen MR) is 179 cm³/mol. The summed E-state index contributed by atoms with van der Waals surface area (Å²) in [5.41, 5.74) is 3.05. The quantitative estimate of drug-likeness (QED) is 0.201. The molecule has 2 aromatic heterocycles. The van der Waals surface area contributed by atoms with Crippen LogP contribution in [-0.4, -0.2) is 57.8 Å². The number of ether oxygens (including phenoxy) is 2. The zero-order chi connectivity index (χ0) is 34.9. The number of benzene rings is 1. The zero-order valence-electron chi connectivity index (χ0n) is 28.7. The van der Waals surface area contributed by atoms with Crippen molar-refractivity contribution in [2.24, 2.45) is 11.3 Å². The molecule has 3 heterocycles. The Morgan fingerprint density at radius 3 is 2.47 bits per heavy atom. The van der Waals surface area contributed by atoms with E-state index in [0.717, 1.165) is 81.1 Å². The normalized spacial score (nSPS) is 18.5. The van der Waals surface area contributed by atoms with Crippen molar-refractivity contribution >= 4 is 17.4 Å². The molecule has 1 amide bonds. The topological polar surface area (TPSA) is 86.5 Å². The van der Waals surface area contributed by atoms with Crippen LogP contribution >= 0.6 is 0 Å². The van der Waals surface area contributed by atoms with Gasteiger partial charge in [-0.2, -0.15) is 18.3 Å². The van der Waals surface area contributed by atoms with Crippen LogP contribution in [0.1, 0.15) is 111 Å². The van der Waals surface area contributed by atoms with E-state index in [-0.39, 0.29) is 23.8 Å². The Labute approximate surface area is 285 Å². The molecule has 49 heavy (non-hydrogen) atoms. The van der Waals surface area contributed by atoms with Crippen LogP contribution in [-0.2, 0) is 22.1 Å². The number of rotatable bonds is 10. The zero-order valence-corrected chi connectivity index (χ0v) is 28.7. The van der Waals surface area contributed by atoms with Gasteiger partial charge in [0, 0.05) is 19.0 Å². The average Bonchev–Trinajstić information content (AvgIpc) is 3.83. The molecule has 8 nitrogen and oxygen atoms in total. The number of amides is 1. The lowest BCUT2D eigenvalue weighted by Gasteiger charge is -2.35. The Balaban J connectivity index is 1.24. The van der Waals surface area contributed by atoms with E-state index in [9.17, 15) is 22.8 Å². The van der Waals surface area contributed by atoms with Crippen LogP contribution < -0.4 is 4.74 Å². The van der Waals surface area contributed by atoms with Gasteiger partial charge in [-0.3, -0.25) is 4.79 Å². The molecule has 2 aliphatic carbocycles. The van der Waals surface area contributed by atoms with Gasteiger partial charge in [-0.25, -0.2) is 14.5 Å². The van der Waals surface area contributed by atoms with Gasteiger partial charge < -0.3 is 14.4 Å².